The quantitative estimate of drug-likeness (QED) is 0.423. The van der Waals surface area contributed by atoms with E-state index in [1.54, 1.807) is 0 Å². The summed E-state index contributed by atoms with van der Waals surface area (Å²) in [6.07, 6.45) is 0. The molecule has 0 aliphatic carbocycles. The Balaban J connectivity index is 0. The minimum atomic E-state index is -0.576. The third-order valence-corrected chi connectivity index (χ3v) is 0.671. The van der Waals surface area contributed by atoms with Gasteiger partial charge in [-0.2, -0.15) is 0 Å². The van der Waals surface area contributed by atoms with E-state index < -0.39 is 9.76 Å². The van der Waals surface area contributed by atoms with Crippen molar-refractivity contribution in [2.24, 2.45) is 0 Å². The van der Waals surface area contributed by atoms with E-state index in [0.29, 0.717) is 0 Å². The molecular weight excluding hydrogens is 91.1 g/mol. The van der Waals surface area contributed by atoms with Crippen LogP contribution in [-0.2, 0) is 0 Å². The first-order chi connectivity index (χ1) is 1.91. The minimum absolute atomic E-state index is 0. The molecule has 0 spiro atoms. The van der Waals surface area contributed by atoms with Crippen LogP contribution in [0.2, 0.25) is 6.04 Å². The summed E-state index contributed by atoms with van der Waals surface area (Å²) in [5, 5.41) is 0. The first kappa shape index (κ1) is 9.49. The van der Waals surface area contributed by atoms with Crippen LogP contribution in [0.4, 0.5) is 0 Å². The molecular formula is C2H8NaOSi. The summed E-state index contributed by atoms with van der Waals surface area (Å²) in [5.74, 6) is 0. The van der Waals surface area contributed by atoms with E-state index in [1.807, 2.05) is 6.92 Å². The molecule has 0 aromatic carbocycles. The van der Waals surface area contributed by atoms with Crippen LogP contribution in [0, 0.1) is 0 Å². The Morgan fingerprint density at radius 1 is 1.80 bits per heavy atom. The fourth-order valence-electron chi connectivity index (χ4n) is 0. The fraction of sp³-hybridized carbons (Fsp3) is 1.00. The van der Waals surface area contributed by atoms with Crippen molar-refractivity contribution < 1.29 is 4.80 Å². The maximum absolute atomic E-state index is 8.01. The molecule has 0 bridgehead atoms. The second kappa shape index (κ2) is 8.95. The van der Waals surface area contributed by atoms with Crippen LogP contribution in [0.15, 0.2) is 0 Å². The van der Waals surface area contributed by atoms with Crippen LogP contribution >= 0.6 is 0 Å². The molecule has 0 unspecified atom stereocenters. The van der Waals surface area contributed by atoms with Crippen molar-refractivity contribution in [3.63, 3.8) is 0 Å². The molecule has 0 rings (SSSR count). The molecule has 0 aliphatic rings. The van der Waals surface area contributed by atoms with Crippen LogP contribution in [0.1, 0.15) is 6.92 Å². The molecule has 0 amide bonds. The second-order valence-electron chi connectivity index (χ2n) is 0.724. The molecule has 0 fully saturated rings. The fourth-order valence-corrected chi connectivity index (χ4v) is 0. The summed E-state index contributed by atoms with van der Waals surface area (Å²) < 4.78 is 0. The van der Waals surface area contributed by atoms with Crippen LogP contribution in [0.5, 0.6) is 0 Å². The van der Waals surface area contributed by atoms with E-state index in [2.05, 4.69) is 0 Å². The minimum Gasteiger partial charge on any atom is -0.438 e. The summed E-state index contributed by atoms with van der Waals surface area (Å²) in [6.45, 7) is 1.99. The average molecular weight is 99.2 g/mol. The van der Waals surface area contributed by atoms with Gasteiger partial charge in [0.25, 0.3) is 0 Å². The first-order valence-corrected chi connectivity index (χ1v) is 3.16. The number of hydrogen-bond acceptors (Lipinski definition) is 1. The molecule has 0 atom stereocenters. The molecule has 0 heterocycles. The SMILES string of the molecule is CC[SiH2]O.[Na]. The molecule has 0 aromatic rings. The van der Waals surface area contributed by atoms with Gasteiger partial charge in [-0.05, 0) is 6.04 Å². The summed E-state index contributed by atoms with van der Waals surface area (Å²) in [4.78, 5) is 8.01. The molecule has 1 radical (unpaired) electrons. The van der Waals surface area contributed by atoms with Crippen molar-refractivity contribution in [3.8, 4) is 0 Å². The second-order valence-corrected chi connectivity index (χ2v) is 2.17. The predicted molar refractivity (Wildman–Crippen MR) is 27.0 cm³/mol. The topological polar surface area (TPSA) is 20.2 Å². The zero-order chi connectivity index (χ0) is 3.41. The smallest absolute Gasteiger partial charge is 0.156 e. The van der Waals surface area contributed by atoms with Crippen molar-refractivity contribution in [2.45, 2.75) is 13.0 Å². The standard InChI is InChI=1S/C2H8OSi.Na/c1-2-4-3;/h3H,2,4H2,1H3;. The molecule has 1 N–H and O–H groups in total. The molecule has 1 nitrogen and oxygen atoms in total. The van der Waals surface area contributed by atoms with Crippen molar-refractivity contribution in [1.29, 1.82) is 0 Å². The van der Waals surface area contributed by atoms with Crippen LogP contribution in [0.25, 0.3) is 0 Å². The Labute approximate surface area is 57.0 Å². The van der Waals surface area contributed by atoms with Crippen molar-refractivity contribution in [3.05, 3.63) is 0 Å². The van der Waals surface area contributed by atoms with E-state index >= 15 is 0 Å². The van der Waals surface area contributed by atoms with Gasteiger partial charge in [-0.3, -0.25) is 0 Å². The molecule has 27 valence electrons. The van der Waals surface area contributed by atoms with E-state index in [1.165, 1.54) is 0 Å². The number of rotatable bonds is 1. The molecule has 0 saturated carbocycles. The summed E-state index contributed by atoms with van der Waals surface area (Å²) >= 11 is 0. The molecule has 0 aromatic heterocycles. The first-order valence-electron chi connectivity index (χ1n) is 1.52. The van der Waals surface area contributed by atoms with Crippen molar-refractivity contribution in [2.75, 3.05) is 0 Å². The summed E-state index contributed by atoms with van der Waals surface area (Å²) in [6, 6.07) is 1.01. The van der Waals surface area contributed by atoms with Gasteiger partial charge >= 0.3 is 0 Å². The Bertz CT molecular complexity index is 11.6. The van der Waals surface area contributed by atoms with Gasteiger partial charge in [0.05, 0.1) is 0 Å². The monoisotopic (exact) mass is 99.0 g/mol. The predicted octanol–water partition coefficient (Wildman–Crippen LogP) is -0.880. The Kier molecular flexibility index (Phi) is 17.0. The summed E-state index contributed by atoms with van der Waals surface area (Å²) in [7, 11) is -0.576. The number of hydrogen-bond donors (Lipinski definition) is 1. The summed E-state index contributed by atoms with van der Waals surface area (Å²) in [5.41, 5.74) is 0. The molecule has 5 heavy (non-hydrogen) atoms. The largest absolute Gasteiger partial charge is 0.438 e. The average Bonchev–Trinajstić information content (AvgIpc) is 1.37. The normalized spacial score (nSPS) is 8.40. The zero-order valence-electron chi connectivity index (χ0n) is 3.86. The third kappa shape index (κ3) is 11.0. The van der Waals surface area contributed by atoms with Gasteiger partial charge in [0, 0.05) is 29.6 Å². The zero-order valence-corrected chi connectivity index (χ0v) is 7.28. The van der Waals surface area contributed by atoms with Crippen LogP contribution in [0.3, 0.4) is 0 Å². The van der Waals surface area contributed by atoms with E-state index in [-0.39, 0.29) is 29.6 Å². The Hall–Kier alpha value is 1.18. The van der Waals surface area contributed by atoms with Crippen molar-refractivity contribution >= 4 is 39.3 Å². The Morgan fingerprint density at radius 3 is 2.00 bits per heavy atom. The van der Waals surface area contributed by atoms with Crippen LogP contribution < -0.4 is 0 Å². The van der Waals surface area contributed by atoms with Gasteiger partial charge in [0.15, 0.2) is 9.76 Å². The maximum atomic E-state index is 8.01. The van der Waals surface area contributed by atoms with Gasteiger partial charge in [0.1, 0.15) is 0 Å². The third-order valence-electron chi connectivity index (χ3n) is 0.224. The van der Waals surface area contributed by atoms with Crippen molar-refractivity contribution in [1.82, 2.24) is 0 Å². The van der Waals surface area contributed by atoms with E-state index in [4.69, 9.17) is 4.80 Å². The van der Waals surface area contributed by atoms with Crippen LogP contribution in [-0.4, -0.2) is 44.1 Å². The van der Waals surface area contributed by atoms with E-state index in [0.717, 1.165) is 6.04 Å². The molecule has 3 heteroatoms. The van der Waals surface area contributed by atoms with Gasteiger partial charge in [-0.1, -0.05) is 6.92 Å². The maximum Gasteiger partial charge on any atom is 0.156 e. The molecule has 0 saturated heterocycles. The molecule has 0 aliphatic heterocycles. The van der Waals surface area contributed by atoms with Gasteiger partial charge in [-0.25, -0.2) is 0 Å². The van der Waals surface area contributed by atoms with Gasteiger partial charge < -0.3 is 4.80 Å². The Morgan fingerprint density at radius 2 is 2.00 bits per heavy atom. The van der Waals surface area contributed by atoms with E-state index in [9.17, 15) is 0 Å². The van der Waals surface area contributed by atoms with Gasteiger partial charge in [-0.15, -0.1) is 0 Å². The van der Waals surface area contributed by atoms with Gasteiger partial charge in [0.2, 0.25) is 0 Å².